The van der Waals surface area contributed by atoms with E-state index < -0.39 is 0 Å². The van der Waals surface area contributed by atoms with E-state index in [9.17, 15) is 0 Å². The standard InChI is InChI=1S/C9H10N4/c1-7-2-3-8(10)9(4-7)13-5-11-12-6-13/h2-6H,10H2,1H3. The van der Waals surface area contributed by atoms with Gasteiger partial charge in [-0.25, -0.2) is 0 Å². The van der Waals surface area contributed by atoms with Crippen molar-refractivity contribution in [3.05, 3.63) is 36.4 Å². The second kappa shape index (κ2) is 2.90. The molecular weight excluding hydrogens is 164 g/mol. The van der Waals surface area contributed by atoms with Gasteiger partial charge in [0.25, 0.3) is 0 Å². The van der Waals surface area contributed by atoms with Crippen LogP contribution in [-0.2, 0) is 0 Å². The Morgan fingerprint density at radius 3 is 2.62 bits per heavy atom. The number of anilines is 1. The molecule has 2 N–H and O–H groups in total. The molecule has 13 heavy (non-hydrogen) atoms. The van der Waals surface area contributed by atoms with E-state index in [1.807, 2.05) is 25.1 Å². The molecule has 0 bridgehead atoms. The summed E-state index contributed by atoms with van der Waals surface area (Å²) in [7, 11) is 0. The van der Waals surface area contributed by atoms with Crippen LogP contribution >= 0.6 is 0 Å². The molecule has 66 valence electrons. The molecule has 0 unspecified atom stereocenters. The molecule has 1 aromatic heterocycles. The van der Waals surface area contributed by atoms with E-state index in [1.54, 1.807) is 17.2 Å². The van der Waals surface area contributed by atoms with E-state index in [0.717, 1.165) is 16.9 Å². The van der Waals surface area contributed by atoms with Gasteiger partial charge in [0.05, 0.1) is 11.4 Å². The van der Waals surface area contributed by atoms with Crippen molar-refractivity contribution >= 4 is 5.69 Å². The molecule has 0 aliphatic heterocycles. The van der Waals surface area contributed by atoms with Gasteiger partial charge in [0.2, 0.25) is 0 Å². The highest BCUT2D eigenvalue weighted by atomic mass is 15.2. The first kappa shape index (κ1) is 7.79. The van der Waals surface area contributed by atoms with Crippen molar-refractivity contribution in [2.45, 2.75) is 6.92 Å². The van der Waals surface area contributed by atoms with Crippen LogP contribution in [0.5, 0.6) is 0 Å². The number of rotatable bonds is 1. The summed E-state index contributed by atoms with van der Waals surface area (Å²) in [4.78, 5) is 0. The van der Waals surface area contributed by atoms with Gasteiger partial charge < -0.3 is 5.73 Å². The highest BCUT2D eigenvalue weighted by molar-refractivity contribution is 5.58. The third-order valence-electron chi connectivity index (χ3n) is 1.88. The van der Waals surface area contributed by atoms with Gasteiger partial charge in [-0.05, 0) is 24.6 Å². The van der Waals surface area contributed by atoms with Crippen molar-refractivity contribution in [3.8, 4) is 5.69 Å². The van der Waals surface area contributed by atoms with Crippen LogP contribution < -0.4 is 5.73 Å². The molecule has 0 saturated carbocycles. The lowest BCUT2D eigenvalue weighted by Crippen LogP contribution is -1.97. The summed E-state index contributed by atoms with van der Waals surface area (Å²) in [5.41, 5.74) is 8.62. The summed E-state index contributed by atoms with van der Waals surface area (Å²) in [5, 5.41) is 7.45. The zero-order valence-corrected chi connectivity index (χ0v) is 7.31. The first-order valence-corrected chi connectivity index (χ1v) is 3.98. The minimum atomic E-state index is 0.727. The Labute approximate surface area is 76.0 Å². The largest absolute Gasteiger partial charge is 0.397 e. The number of benzene rings is 1. The molecule has 2 rings (SSSR count). The SMILES string of the molecule is Cc1ccc(N)c(-n2cnnc2)c1. The summed E-state index contributed by atoms with van der Waals surface area (Å²) >= 11 is 0. The summed E-state index contributed by atoms with van der Waals surface area (Å²) in [6.07, 6.45) is 3.26. The van der Waals surface area contributed by atoms with E-state index in [2.05, 4.69) is 10.2 Å². The highest BCUT2D eigenvalue weighted by Gasteiger charge is 2.00. The second-order valence-electron chi connectivity index (χ2n) is 2.93. The third-order valence-corrected chi connectivity index (χ3v) is 1.88. The van der Waals surface area contributed by atoms with Crippen LogP contribution in [0.4, 0.5) is 5.69 Å². The molecule has 2 aromatic rings. The number of nitrogens with two attached hydrogens (primary N) is 1. The summed E-state index contributed by atoms with van der Waals surface area (Å²) < 4.78 is 1.79. The first-order valence-electron chi connectivity index (χ1n) is 3.98. The molecule has 0 aliphatic rings. The van der Waals surface area contributed by atoms with Gasteiger partial charge in [-0.3, -0.25) is 4.57 Å². The Morgan fingerprint density at radius 1 is 1.23 bits per heavy atom. The van der Waals surface area contributed by atoms with Crippen LogP contribution in [0.15, 0.2) is 30.9 Å². The zero-order chi connectivity index (χ0) is 9.26. The van der Waals surface area contributed by atoms with E-state index in [0.29, 0.717) is 0 Å². The molecule has 0 amide bonds. The number of nitrogen functional groups attached to an aromatic ring is 1. The van der Waals surface area contributed by atoms with E-state index in [1.165, 1.54) is 0 Å². The Bertz CT molecular complexity index is 406. The fourth-order valence-electron chi connectivity index (χ4n) is 1.20. The van der Waals surface area contributed by atoms with Crippen molar-refractivity contribution in [2.24, 2.45) is 0 Å². The minimum Gasteiger partial charge on any atom is -0.397 e. The number of nitrogens with zero attached hydrogens (tertiary/aromatic N) is 3. The van der Waals surface area contributed by atoms with Crippen molar-refractivity contribution in [1.29, 1.82) is 0 Å². The summed E-state index contributed by atoms with van der Waals surface area (Å²) in [6, 6.07) is 5.85. The monoisotopic (exact) mass is 174 g/mol. The van der Waals surface area contributed by atoms with Crippen LogP contribution in [0.25, 0.3) is 5.69 Å². The molecule has 1 aromatic carbocycles. The van der Waals surface area contributed by atoms with Gasteiger partial charge in [0, 0.05) is 0 Å². The summed E-state index contributed by atoms with van der Waals surface area (Å²) in [6.45, 7) is 2.02. The lowest BCUT2D eigenvalue weighted by Gasteiger charge is -2.05. The molecule has 0 radical (unpaired) electrons. The lowest BCUT2D eigenvalue weighted by molar-refractivity contribution is 1.06. The molecule has 0 fully saturated rings. The van der Waals surface area contributed by atoms with Crippen LogP contribution in [0.1, 0.15) is 5.56 Å². The highest BCUT2D eigenvalue weighted by Crippen LogP contribution is 2.17. The molecule has 0 spiro atoms. The molecule has 0 aliphatic carbocycles. The predicted octanol–water partition coefficient (Wildman–Crippen LogP) is 1.16. The third kappa shape index (κ3) is 1.38. The minimum absolute atomic E-state index is 0.727. The van der Waals surface area contributed by atoms with Gasteiger partial charge >= 0.3 is 0 Å². The Kier molecular flexibility index (Phi) is 1.73. The average molecular weight is 174 g/mol. The fourth-order valence-corrected chi connectivity index (χ4v) is 1.20. The Hall–Kier alpha value is -1.84. The van der Waals surface area contributed by atoms with Crippen LogP contribution in [0.2, 0.25) is 0 Å². The second-order valence-corrected chi connectivity index (χ2v) is 2.93. The van der Waals surface area contributed by atoms with Gasteiger partial charge in [0.1, 0.15) is 12.7 Å². The molecule has 0 saturated heterocycles. The lowest BCUT2D eigenvalue weighted by atomic mass is 10.2. The smallest absolute Gasteiger partial charge is 0.123 e. The van der Waals surface area contributed by atoms with Crippen LogP contribution in [0.3, 0.4) is 0 Å². The maximum Gasteiger partial charge on any atom is 0.123 e. The topological polar surface area (TPSA) is 56.7 Å². The fraction of sp³-hybridized carbons (Fsp3) is 0.111. The molecule has 0 atom stereocenters. The quantitative estimate of drug-likeness (QED) is 0.660. The average Bonchev–Trinajstić information content (AvgIpc) is 2.61. The number of aromatic nitrogens is 3. The van der Waals surface area contributed by atoms with Crippen molar-refractivity contribution in [2.75, 3.05) is 5.73 Å². The van der Waals surface area contributed by atoms with Crippen molar-refractivity contribution in [3.63, 3.8) is 0 Å². The van der Waals surface area contributed by atoms with Gasteiger partial charge in [-0.1, -0.05) is 6.07 Å². The zero-order valence-electron chi connectivity index (χ0n) is 7.31. The van der Waals surface area contributed by atoms with Gasteiger partial charge in [-0.2, -0.15) is 0 Å². The van der Waals surface area contributed by atoms with Crippen molar-refractivity contribution in [1.82, 2.24) is 14.8 Å². The molecule has 4 nitrogen and oxygen atoms in total. The van der Waals surface area contributed by atoms with Crippen molar-refractivity contribution < 1.29 is 0 Å². The van der Waals surface area contributed by atoms with Crippen LogP contribution in [-0.4, -0.2) is 14.8 Å². The molecule has 4 heteroatoms. The first-order chi connectivity index (χ1) is 6.27. The Morgan fingerprint density at radius 2 is 1.92 bits per heavy atom. The van der Waals surface area contributed by atoms with E-state index in [4.69, 9.17) is 5.73 Å². The predicted molar refractivity (Wildman–Crippen MR) is 50.5 cm³/mol. The maximum atomic E-state index is 5.80. The van der Waals surface area contributed by atoms with Gasteiger partial charge in [-0.15, -0.1) is 10.2 Å². The summed E-state index contributed by atoms with van der Waals surface area (Å²) in [5.74, 6) is 0. The Balaban J connectivity index is 2.57. The van der Waals surface area contributed by atoms with Crippen LogP contribution in [0, 0.1) is 6.92 Å². The molecular formula is C9H10N4. The maximum absolute atomic E-state index is 5.80. The number of hydrogen-bond donors (Lipinski definition) is 1. The number of aryl methyl sites for hydroxylation is 1. The van der Waals surface area contributed by atoms with Gasteiger partial charge in [0.15, 0.2) is 0 Å². The van der Waals surface area contributed by atoms with E-state index >= 15 is 0 Å². The number of hydrogen-bond acceptors (Lipinski definition) is 3. The molecule has 1 heterocycles. The van der Waals surface area contributed by atoms with E-state index in [-0.39, 0.29) is 0 Å². The normalized spacial score (nSPS) is 10.2.